The van der Waals surface area contributed by atoms with E-state index in [1.165, 1.54) is 52.2 Å². The lowest BCUT2D eigenvalue weighted by Gasteiger charge is -2.32. The molecule has 0 spiro atoms. The molecule has 2 saturated heterocycles. The van der Waals surface area contributed by atoms with Gasteiger partial charge in [0.1, 0.15) is 0 Å². The average Bonchev–Trinajstić information content (AvgIpc) is 2.67. The number of piperazine rings is 1. The SMILES string of the molecule is CCN1CCC(N2CCNCC2)C1. The number of rotatable bonds is 2. The molecule has 2 heterocycles. The molecule has 3 nitrogen and oxygen atoms in total. The minimum Gasteiger partial charge on any atom is -0.314 e. The minimum atomic E-state index is 0.849. The second-order valence-corrected chi connectivity index (χ2v) is 4.12. The monoisotopic (exact) mass is 183 g/mol. The Morgan fingerprint density at radius 1 is 1.23 bits per heavy atom. The van der Waals surface area contributed by atoms with Gasteiger partial charge in [-0.05, 0) is 19.5 Å². The van der Waals surface area contributed by atoms with Gasteiger partial charge in [-0.2, -0.15) is 0 Å². The zero-order chi connectivity index (χ0) is 9.10. The van der Waals surface area contributed by atoms with Gasteiger partial charge in [0.15, 0.2) is 0 Å². The molecular weight excluding hydrogens is 162 g/mol. The van der Waals surface area contributed by atoms with Crippen molar-refractivity contribution < 1.29 is 0 Å². The zero-order valence-corrected chi connectivity index (χ0v) is 8.63. The molecular formula is C10H21N3. The van der Waals surface area contributed by atoms with E-state index in [1.807, 2.05) is 0 Å². The highest BCUT2D eigenvalue weighted by atomic mass is 15.3. The van der Waals surface area contributed by atoms with Crippen molar-refractivity contribution in [3.8, 4) is 0 Å². The minimum absolute atomic E-state index is 0.849. The van der Waals surface area contributed by atoms with Crippen molar-refractivity contribution in [2.45, 2.75) is 19.4 Å². The number of hydrogen-bond donors (Lipinski definition) is 1. The molecule has 1 unspecified atom stereocenters. The van der Waals surface area contributed by atoms with E-state index in [-0.39, 0.29) is 0 Å². The molecule has 0 radical (unpaired) electrons. The van der Waals surface area contributed by atoms with Crippen LogP contribution in [0.2, 0.25) is 0 Å². The van der Waals surface area contributed by atoms with Gasteiger partial charge in [0.05, 0.1) is 0 Å². The van der Waals surface area contributed by atoms with E-state index in [2.05, 4.69) is 22.0 Å². The van der Waals surface area contributed by atoms with Gasteiger partial charge < -0.3 is 10.2 Å². The Labute approximate surface area is 81.1 Å². The lowest BCUT2D eigenvalue weighted by Crippen LogP contribution is -2.49. The maximum Gasteiger partial charge on any atom is 0.0236 e. The van der Waals surface area contributed by atoms with Gasteiger partial charge >= 0.3 is 0 Å². The highest BCUT2D eigenvalue weighted by Crippen LogP contribution is 2.15. The molecule has 2 aliphatic rings. The molecule has 1 atom stereocenters. The summed E-state index contributed by atoms with van der Waals surface area (Å²) in [6.07, 6.45) is 1.38. The Morgan fingerprint density at radius 3 is 2.62 bits per heavy atom. The van der Waals surface area contributed by atoms with Crippen molar-refractivity contribution in [1.82, 2.24) is 15.1 Å². The summed E-state index contributed by atoms with van der Waals surface area (Å²) in [6, 6.07) is 0.849. The first-order valence-corrected chi connectivity index (χ1v) is 5.57. The largest absolute Gasteiger partial charge is 0.314 e. The first kappa shape index (κ1) is 9.44. The van der Waals surface area contributed by atoms with Crippen LogP contribution < -0.4 is 5.32 Å². The molecule has 13 heavy (non-hydrogen) atoms. The number of likely N-dealkylation sites (tertiary alicyclic amines) is 1. The maximum absolute atomic E-state index is 3.41. The van der Waals surface area contributed by atoms with Gasteiger partial charge in [0.2, 0.25) is 0 Å². The summed E-state index contributed by atoms with van der Waals surface area (Å²) in [5.74, 6) is 0. The van der Waals surface area contributed by atoms with Crippen molar-refractivity contribution >= 4 is 0 Å². The van der Waals surface area contributed by atoms with Crippen molar-refractivity contribution in [2.75, 3.05) is 45.8 Å². The van der Waals surface area contributed by atoms with E-state index in [9.17, 15) is 0 Å². The second-order valence-electron chi connectivity index (χ2n) is 4.12. The molecule has 76 valence electrons. The topological polar surface area (TPSA) is 18.5 Å². The smallest absolute Gasteiger partial charge is 0.0236 e. The average molecular weight is 183 g/mol. The van der Waals surface area contributed by atoms with Crippen LogP contribution in [0.5, 0.6) is 0 Å². The number of nitrogens with one attached hydrogen (secondary N) is 1. The normalized spacial score (nSPS) is 32.5. The van der Waals surface area contributed by atoms with E-state index in [1.54, 1.807) is 0 Å². The van der Waals surface area contributed by atoms with Gasteiger partial charge in [0.25, 0.3) is 0 Å². The highest BCUT2D eigenvalue weighted by molar-refractivity contribution is 4.84. The van der Waals surface area contributed by atoms with E-state index in [0.717, 1.165) is 6.04 Å². The van der Waals surface area contributed by atoms with E-state index >= 15 is 0 Å². The molecule has 3 heteroatoms. The first-order valence-electron chi connectivity index (χ1n) is 5.57. The fourth-order valence-electron chi connectivity index (χ4n) is 2.44. The Hall–Kier alpha value is -0.120. The van der Waals surface area contributed by atoms with Crippen LogP contribution in [0, 0.1) is 0 Å². The van der Waals surface area contributed by atoms with Crippen molar-refractivity contribution in [2.24, 2.45) is 0 Å². The van der Waals surface area contributed by atoms with Crippen LogP contribution in [0.1, 0.15) is 13.3 Å². The van der Waals surface area contributed by atoms with Gasteiger partial charge in [0, 0.05) is 38.8 Å². The molecule has 0 saturated carbocycles. The number of likely N-dealkylation sites (N-methyl/N-ethyl adjacent to an activating group) is 1. The van der Waals surface area contributed by atoms with Crippen LogP contribution >= 0.6 is 0 Å². The standard InChI is InChI=1S/C10H21N3/c1-2-12-6-3-10(9-12)13-7-4-11-5-8-13/h10-11H,2-9H2,1H3. The summed E-state index contributed by atoms with van der Waals surface area (Å²) < 4.78 is 0. The second kappa shape index (κ2) is 4.40. The quantitative estimate of drug-likeness (QED) is 0.649. The number of hydrogen-bond acceptors (Lipinski definition) is 3. The maximum atomic E-state index is 3.41. The highest BCUT2D eigenvalue weighted by Gasteiger charge is 2.27. The van der Waals surface area contributed by atoms with Crippen LogP contribution in [0.4, 0.5) is 0 Å². The molecule has 0 aromatic rings. The zero-order valence-electron chi connectivity index (χ0n) is 8.63. The van der Waals surface area contributed by atoms with Crippen LogP contribution in [-0.4, -0.2) is 61.7 Å². The summed E-state index contributed by atoms with van der Waals surface area (Å²) in [5, 5.41) is 3.41. The fraction of sp³-hybridized carbons (Fsp3) is 1.00. The molecule has 2 aliphatic heterocycles. The predicted octanol–water partition coefficient (Wildman–Crippen LogP) is -0.0142. The van der Waals surface area contributed by atoms with Crippen LogP contribution in [0.15, 0.2) is 0 Å². The predicted molar refractivity (Wildman–Crippen MR) is 55.0 cm³/mol. The van der Waals surface area contributed by atoms with Crippen LogP contribution in [-0.2, 0) is 0 Å². The van der Waals surface area contributed by atoms with Crippen molar-refractivity contribution in [1.29, 1.82) is 0 Å². The Morgan fingerprint density at radius 2 is 2.00 bits per heavy atom. The lowest BCUT2D eigenvalue weighted by molar-refractivity contribution is 0.172. The molecule has 0 aromatic heterocycles. The first-order chi connectivity index (χ1) is 6.40. The third kappa shape index (κ3) is 2.22. The summed E-state index contributed by atoms with van der Waals surface area (Å²) in [4.78, 5) is 5.22. The summed E-state index contributed by atoms with van der Waals surface area (Å²) in [5.41, 5.74) is 0. The Bertz CT molecular complexity index is 154. The fourth-order valence-corrected chi connectivity index (χ4v) is 2.44. The van der Waals surface area contributed by atoms with E-state index < -0.39 is 0 Å². The molecule has 0 bridgehead atoms. The summed E-state index contributed by atoms with van der Waals surface area (Å²) in [6.45, 7) is 11.0. The Kier molecular flexibility index (Phi) is 3.19. The number of nitrogens with zero attached hydrogens (tertiary/aromatic N) is 2. The van der Waals surface area contributed by atoms with Crippen molar-refractivity contribution in [3.05, 3.63) is 0 Å². The Balaban J connectivity index is 1.80. The van der Waals surface area contributed by atoms with Gasteiger partial charge in [-0.25, -0.2) is 0 Å². The molecule has 2 rings (SSSR count). The molecule has 1 N–H and O–H groups in total. The molecule has 2 fully saturated rings. The van der Waals surface area contributed by atoms with Crippen LogP contribution in [0.3, 0.4) is 0 Å². The van der Waals surface area contributed by atoms with Crippen molar-refractivity contribution in [3.63, 3.8) is 0 Å². The third-order valence-corrected chi connectivity index (χ3v) is 3.36. The molecule has 0 aliphatic carbocycles. The van der Waals surface area contributed by atoms with Gasteiger partial charge in [-0.3, -0.25) is 4.90 Å². The third-order valence-electron chi connectivity index (χ3n) is 3.36. The molecule has 0 aromatic carbocycles. The molecule has 0 amide bonds. The van der Waals surface area contributed by atoms with E-state index in [0.29, 0.717) is 0 Å². The van der Waals surface area contributed by atoms with E-state index in [4.69, 9.17) is 0 Å². The summed E-state index contributed by atoms with van der Waals surface area (Å²) >= 11 is 0. The van der Waals surface area contributed by atoms with Gasteiger partial charge in [-0.1, -0.05) is 6.92 Å². The van der Waals surface area contributed by atoms with Crippen LogP contribution in [0.25, 0.3) is 0 Å². The lowest BCUT2D eigenvalue weighted by atomic mass is 10.2. The van der Waals surface area contributed by atoms with Gasteiger partial charge in [-0.15, -0.1) is 0 Å². The summed E-state index contributed by atoms with van der Waals surface area (Å²) in [7, 11) is 0.